The normalized spacial score (nSPS) is 26.1. The Kier molecular flexibility index (Phi) is 4.26. The molecule has 108 valence electrons. The van der Waals surface area contributed by atoms with Crippen molar-refractivity contribution in [2.45, 2.75) is 58.0 Å². The molecule has 0 aromatic heterocycles. The van der Waals surface area contributed by atoms with E-state index in [0.29, 0.717) is 6.04 Å². The number of fused-ring (bicyclic) bond motifs is 1. The summed E-state index contributed by atoms with van der Waals surface area (Å²) in [5.41, 5.74) is 3.21. The van der Waals surface area contributed by atoms with Crippen molar-refractivity contribution in [2.75, 3.05) is 6.54 Å². The summed E-state index contributed by atoms with van der Waals surface area (Å²) in [6, 6.07) is 12.4. The van der Waals surface area contributed by atoms with Crippen molar-refractivity contribution in [3.8, 4) is 0 Å². The molecule has 2 aliphatic heterocycles. The fraction of sp³-hybridized carbons (Fsp3) is 0.579. The molecule has 1 fully saturated rings. The van der Waals surface area contributed by atoms with Crippen LogP contribution in [-0.2, 0) is 6.42 Å². The van der Waals surface area contributed by atoms with Gasteiger partial charge < -0.3 is 0 Å². The average Bonchev–Trinajstić information content (AvgIpc) is 3.03. The smallest absolute Gasteiger partial charge is 0.0314 e. The Labute approximate surface area is 123 Å². The second-order valence-corrected chi connectivity index (χ2v) is 6.71. The van der Waals surface area contributed by atoms with Gasteiger partial charge in [-0.15, -0.1) is 0 Å². The average molecular weight is 269 g/mol. The molecule has 0 saturated carbocycles. The van der Waals surface area contributed by atoms with Crippen molar-refractivity contribution in [3.05, 3.63) is 47.5 Å². The second kappa shape index (κ2) is 6.13. The van der Waals surface area contributed by atoms with Crippen LogP contribution in [0.5, 0.6) is 0 Å². The fourth-order valence-electron chi connectivity index (χ4n) is 3.94. The standard InChI is InChI=1S/C19H27N/c1-15(2)19-14-17(18-12-7-13-20(18)19)11-6-10-16-8-4-3-5-9-16/h3-5,8-9,14-15,18-19H,6-7,10-13H2,1-2H3. The first kappa shape index (κ1) is 13.9. The molecule has 2 atom stereocenters. The molecule has 0 bridgehead atoms. The number of rotatable bonds is 5. The maximum absolute atomic E-state index is 2.75. The molecule has 20 heavy (non-hydrogen) atoms. The van der Waals surface area contributed by atoms with E-state index >= 15 is 0 Å². The Morgan fingerprint density at radius 1 is 1.15 bits per heavy atom. The van der Waals surface area contributed by atoms with Gasteiger partial charge in [0.05, 0.1) is 0 Å². The Balaban J connectivity index is 1.58. The van der Waals surface area contributed by atoms with Gasteiger partial charge in [0.2, 0.25) is 0 Å². The largest absolute Gasteiger partial charge is 0.290 e. The monoisotopic (exact) mass is 269 g/mol. The Morgan fingerprint density at radius 2 is 1.95 bits per heavy atom. The van der Waals surface area contributed by atoms with Crippen molar-refractivity contribution in [3.63, 3.8) is 0 Å². The highest BCUT2D eigenvalue weighted by atomic mass is 15.2. The van der Waals surface area contributed by atoms with Crippen molar-refractivity contribution >= 4 is 0 Å². The molecule has 0 N–H and O–H groups in total. The van der Waals surface area contributed by atoms with E-state index in [-0.39, 0.29) is 0 Å². The lowest BCUT2D eigenvalue weighted by Crippen LogP contribution is -2.36. The quantitative estimate of drug-likeness (QED) is 0.714. The second-order valence-electron chi connectivity index (χ2n) is 6.71. The molecule has 0 radical (unpaired) electrons. The number of hydrogen-bond donors (Lipinski definition) is 0. The van der Waals surface area contributed by atoms with Crippen LogP contribution in [0.15, 0.2) is 42.0 Å². The van der Waals surface area contributed by atoms with Crippen LogP contribution in [0, 0.1) is 5.92 Å². The molecule has 2 heterocycles. The van der Waals surface area contributed by atoms with Crippen molar-refractivity contribution < 1.29 is 0 Å². The molecule has 2 unspecified atom stereocenters. The van der Waals surface area contributed by atoms with Crippen molar-refractivity contribution in [2.24, 2.45) is 5.92 Å². The van der Waals surface area contributed by atoms with Crippen LogP contribution in [0.25, 0.3) is 0 Å². The predicted octanol–water partition coefficient (Wildman–Crippen LogP) is 4.44. The number of aryl methyl sites for hydroxylation is 1. The SMILES string of the molecule is CC(C)C1C=C(CCCc2ccccc2)C2CCCN21. The van der Waals surface area contributed by atoms with E-state index in [0.717, 1.165) is 12.0 Å². The minimum absolute atomic E-state index is 0.703. The van der Waals surface area contributed by atoms with Crippen molar-refractivity contribution in [1.82, 2.24) is 4.90 Å². The minimum Gasteiger partial charge on any atom is -0.290 e. The van der Waals surface area contributed by atoms with Gasteiger partial charge in [-0.2, -0.15) is 0 Å². The Hall–Kier alpha value is -1.08. The van der Waals surface area contributed by atoms with Gasteiger partial charge >= 0.3 is 0 Å². The molecule has 3 rings (SSSR count). The fourth-order valence-corrected chi connectivity index (χ4v) is 3.94. The minimum atomic E-state index is 0.703. The summed E-state index contributed by atoms with van der Waals surface area (Å²) >= 11 is 0. The lowest BCUT2D eigenvalue weighted by Gasteiger charge is -2.27. The van der Waals surface area contributed by atoms with Crippen LogP contribution in [0.4, 0.5) is 0 Å². The van der Waals surface area contributed by atoms with E-state index in [1.807, 2.05) is 0 Å². The van der Waals surface area contributed by atoms with Crippen LogP contribution < -0.4 is 0 Å². The summed E-state index contributed by atoms with van der Waals surface area (Å²) < 4.78 is 0. The highest BCUT2D eigenvalue weighted by molar-refractivity contribution is 5.25. The molecule has 2 aliphatic rings. The Bertz CT molecular complexity index is 460. The third-order valence-electron chi connectivity index (χ3n) is 4.95. The van der Waals surface area contributed by atoms with E-state index in [1.54, 1.807) is 5.57 Å². The summed E-state index contributed by atoms with van der Waals surface area (Å²) in [6.07, 6.45) is 9.19. The predicted molar refractivity (Wildman–Crippen MR) is 85.8 cm³/mol. The Morgan fingerprint density at radius 3 is 2.70 bits per heavy atom. The molecular weight excluding hydrogens is 242 g/mol. The molecule has 1 saturated heterocycles. The van der Waals surface area contributed by atoms with Gasteiger partial charge in [-0.05, 0) is 50.1 Å². The third-order valence-corrected chi connectivity index (χ3v) is 4.95. The zero-order valence-electron chi connectivity index (χ0n) is 12.9. The van der Waals surface area contributed by atoms with E-state index in [1.165, 1.54) is 44.2 Å². The molecule has 1 heteroatoms. The third kappa shape index (κ3) is 2.83. The molecule has 0 spiro atoms. The first-order chi connectivity index (χ1) is 9.75. The molecule has 0 aliphatic carbocycles. The van der Waals surface area contributed by atoms with Gasteiger partial charge in [0.25, 0.3) is 0 Å². The van der Waals surface area contributed by atoms with E-state index in [2.05, 4.69) is 55.2 Å². The van der Waals surface area contributed by atoms with Gasteiger partial charge in [-0.1, -0.05) is 55.8 Å². The van der Waals surface area contributed by atoms with Gasteiger partial charge in [0.1, 0.15) is 0 Å². The summed E-state index contributed by atoms with van der Waals surface area (Å²) in [7, 11) is 0. The van der Waals surface area contributed by atoms with E-state index in [4.69, 9.17) is 0 Å². The zero-order chi connectivity index (χ0) is 13.9. The first-order valence-electron chi connectivity index (χ1n) is 8.26. The molecule has 1 nitrogen and oxygen atoms in total. The first-order valence-corrected chi connectivity index (χ1v) is 8.26. The van der Waals surface area contributed by atoms with Gasteiger partial charge in [-0.3, -0.25) is 4.90 Å². The summed E-state index contributed by atoms with van der Waals surface area (Å²) in [5.74, 6) is 0.752. The number of benzene rings is 1. The summed E-state index contributed by atoms with van der Waals surface area (Å²) in [4.78, 5) is 2.75. The van der Waals surface area contributed by atoms with Gasteiger partial charge in [0, 0.05) is 12.1 Å². The maximum Gasteiger partial charge on any atom is 0.0314 e. The lowest BCUT2D eigenvalue weighted by atomic mass is 9.97. The zero-order valence-corrected chi connectivity index (χ0v) is 12.9. The van der Waals surface area contributed by atoms with Crippen LogP contribution in [0.1, 0.15) is 45.1 Å². The molecule has 0 amide bonds. The van der Waals surface area contributed by atoms with E-state index < -0.39 is 0 Å². The highest BCUT2D eigenvalue weighted by Gasteiger charge is 2.38. The molecular formula is C19H27N. The van der Waals surface area contributed by atoms with Crippen molar-refractivity contribution in [1.29, 1.82) is 0 Å². The van der Waals surface area contributed by atoms with E-state index in [9.17, 15) is 0 Å². The molecule has 1 aromatic rings. The van der Waals surface area contributed by atoms with Gasteiger partial charge in [-0.25, -0.2) is 0 Å². The number of nitrogens with zero attached hydrogens (tertiary/aromatic N) is 1. The summed E-state index contributed by atoms with van der Waals surface area (Å²) in [6.45, 7) is 6.04. The summed E-state index contributed by atoms with van der Waals surface area (Å²) in [5, 5.41) is 0. The lowest BCUT2D eigenvalue weighted by molar-refractivity contribution is 0.215. The van der Waals surface area contributed by atoms with Gasteiger partial charge in [0.15, 0.2) is 0 Å². The topological polar surface area (TPSA) is 3.24 Å². The van der Waals surface area contributed by atoms with Crippen LogP contribution in [0.3, 0.4) is 0 Å². The van der Waals surface area contributed by atoms with Crippen LogP contribution in [0.2, 0.25) is 0 Å². The maximum atomic E-state index is 2.75. The van der Waals surface area contributed by atoms with Crippen LogP contribution >= 0.6 is 0 Å². The molecule has 1 aromatic carbocycles. The number of hydrogen-bond acceptors (Lipinski definition) is 1. The highest BCUT2D eigenvalue weighted by Crippen LogP contribution is 2.37. The van der Waals surface area contributed by atoms with Crippen LogP contribution in [-0.4, -0.2) is 23.5 Å².